The molecule has 3 N–H and O–H groups in total. The molecule has 28 heavy (non-hydrogen) atoms. The zero-order valence-corrected chi connectivity index (χ0v) is 16.4. The van der Waals surface area contributed by atoms with E-state index in [4.69, 9.17) is 0 Å². The lowest BCUT2D eigenvalue weighted by Crippen LogP contribution is -2.54. The Kier molecular flexibility index (Phi) is 5.93. The quantitative estimate of drug-likeness (QED) is 0.643. The molecular formula is C22H30N4O2. The summed E-state index contributed by atoms with van der Waals surface area (Å²) in [4.78, 5) is 32.6. The van der Waals surface area contributed by atoms with Crippen LogP contribution in [0.1, 0.15) is 57.2 Å². The summed E-state index contributed by atoms with van der Waals surface area (Å²) < 4.78 is 0. The number of imidazole rings is 1. The number of carbonyl (C=O) groups is 2. The summed E-state index contributed by atoms with van der Waals surface area (Å²) in [6.07, 6.45) is 8.72. The number of fused-ring (bicyclic) bond motifs is 2. The van der Waals surface area contributed by atoms with Crippen molar-refractivity contribution in [3.63, 3.8) is 0 Å². The average Bonchev–Trinajstić information content (AvgIpc) is 3.12. The number of hydrogen-bond donors (Lipinski definition) is 3. The Balaban J connectivity index is 1.17. The molecule has 3 unspecified atom stereocenters. The second-order valence-electron chi connectivity index (χ2n) is 8.24. The highest BCUT2D eigenvalue weighted by molar-refractivity contribution is 5.87. The molecule has 1 aromatic carbocycles. The van der Waals surface area contributed by atoms with E-state index in [1.54, 1.807) is 0 Å². The fourth-order valence-corrected chi connectivity index (χ4v) is 4.79. The third kappa shape index (κ3) is 4.37. The number of aromatic nitrogens is 2. The van der Waals surface area contributed by atoms with Gasteiger partial charge in [0.05, 0.1) is 17.0 Å². The highest BCUT2D eigenvalue weighted by atomic mass is 16.2. The summed E-state index contributed by atoms with van der Waals surface area (Å²) in [5.41, 5.74) is 2.10. The predicted octanol–water partition coefficient (Wildman–Crippen LogP) is 3.09. The van der Waals surface area contributed by atoms with E-state index in [9.17, 15) is 9.59 Å². The molecular weight excluding hydrogens is 352 g/mol. The number of rotatable bonds is 7. The van der Waals surface area contributed by atoms with E-state index in [0.717, 1.165) is 61.8 Å². The Morgan fingerprint density at radius 2 is 2.00 bits per heavy atom. The first-order chi connectivity index (χ1) is 13.7. The molecule has 150 valence electrons. The van der Waals surface area contributed by atoms with Crippen LogP contribution in [-0.4, -0.2) is 34.4 Å². The molecule has 0 radical (unpaired) electrons. The number of carbonyl (C=O) groups excluding carboxylic acids is 2. The molecule has 3 atom stereocenters. The standard InChI is InChI=1S/C22H30N4O2/c27-21-14-16(15-8-3-4-9-17(15)26-21)22(28)23-13-7-1-2-12-20-24-18-10-5-6-11-19(18)25-20/h5-6,10-11,15-17H,1-4,7-9,12-14H2,(H,23,28)(H,24,25)(H,26,27). The second-order valence-corrected chi connectivity index (χ2v) is 8.24. The number of nitrogens with zero attached hydrogens (tertiary/aromatic N) is 1. The number of para-hydroxylation sites is 2. The van der Waals surface area contributed by atoms with Crippen molar-refractivity contribution in [1.29, 1.82) is 0 Å². The molecule has 1 aliphatic carbocycles. The number of H-pyrrole nitrogens is 1. The van der Waals surface area contributed by atoms with Crippen molar-refractivity contribution in [2.45, 2.75) is 63.8 Å². The van der Waals surface area contributed by atoms with Gasteiger partial charge in [-0.25, -0.2) is 4.98 Å². The predicted molar refractivity (Wildman–Crippen MR) is 109 cm³/mol. The van der Waals surface area contributed by atoms with Gasteiger partial charge in [-0.15, -0.1) is 0 Å². The maximum atomic E-state index is 12.6. The van der Waals surface area contributed by atoms with Gasteiger partial charge in [-0.05, 0) is 43.7 Å². The van der Waals surface area contributed by atoms with Crippen LogP contribution >= 0.6 is 0 Å². The van der Waals surface area contributed by atoms with Crippen molar-refractivity contribution in [1.82, 2.24) is 20.6 Å². The van der Waals surface area contributed by atoms with Gasteiger partial charge in [0.2, 0.25) is 11.8 Å². The van der Waals surface area contributed by atoms with Crippen molar-refractivity contribution < 1.29 is 9.59 Å². The fourth-order valence-electron chi connectivity index (χ4n) is 4.79. The first-order valence-corrected chi connectivity index (χ1v) is 10.7. The fraction of sp³-hybridized carbons (Fsp3) is 0.591. The van der Waals surface area contributed by atoms with Crippen LogP contribution in [-0.2, 0) is 16.0 Å². The smallest absolute Gasteiger partial charge is 0.223 e. The van der Waals surface area contributed by atoms with Crippen molar-refractivity contribution in [2.24, 2.45) is 11.8 Å². The van der Waals surface area contributed by atoms with Crippen LogP contribution in [0.15, 0.2) is 24.3 Å². The topological polar surface area (TPSA) is 86.9 Å². The summed E-state index contributed by atoms with van der Waals surface area (Å²) in [6.45, 7) is 0.689. The molecule has 0 spiro atoms. The van der Waals surface area contributed by atoms with Crippen molar-refractivity contribution in [2.75, 3.05) is 6.54 Å². The molecule has 2 aliphatic rings. The molecule has 6 nitrogen and oxygen atoms in total. The lowest BCUT2D eigenvalue weighted by atomic mass is 9.72. The third-order valence-corrected chi connectivity index (χ3v) is 6.25. The Hall–Kier alpha value is -2.37. The van der Waals surface area contributed by atoms with E-state index in [2.05, 4.69) is 20.6 Å². The van der Waals surface area contributed by atoms with E-state index in [0.29, 0.717) is 18.9 Å². The SMILES string of the molecule is O=C1CC(C(=O)NCCCCCc2nc3ccccc3[nH]2)C2CCCCC2N1. The maximum Gasteiger partial charge on any atom is 0.223 e. The van der Waals surface area contributed by atoms with E-state index < -0.39 is 0 Å². The molecule has 1 saturated heterocycles. The minimum atomic E-state index is -0.144. The zero-order chi connectivity index (χ0) is 19.3. The number of piperidine rings is 1. The first-order valence-electron chi connectivity index (χ1n) is 10.7. The number of nitrogens with one attached hydrogen (secondary N) is 3. The average molecular weight is 383 g/mol. The second kappa shape index (κ2) is 8.76. The minimum absolute atomic E-state index is 0.0362. The van der Waals surface area contributed by atoms with Gasteiger partial charge in [-0.2, -0.15) is 0 Å². The van der Waals surface area contributed by atoms with E-state index in [1.165, 1.54) is 6.42 Å². The molecule has 6 heteroatoms. The zero-order valence-electron chi connectivity index (χ0n) is 16.4. The van der Waals surface area contributed by atoms with Gasteiger partial charge in [0, 0.05) is 25.4 Å². The summed E-state index contributed by atoms with van der Waals surface area (Å²) >= 11 is 0. The van der Waals surface area contributed by atoms with Crippen LogP contribution in [0.3, 0.4) is 0 Å². The largest absolute Gasteiger partial charge is 0.356 e. The molecule has 4 rings (SSSR count). The number of unbranched alkanes of at least 4 members (excludes halogenated alkanes) is 2. The van der Waals surface area contributed by atoms with Gasteiger partial charge in [0.25, 0.3) is 0 Å². The number of hydrogen-bond acceptors (Lipinski definition) is 3. The Morgan fingerprint density at radius 3 is 2.89 bits per heavy atom. The molecule has 0 bridgehead atoms. The maximum absolute atomic E-state index is 12.6. The van der Waals surface area contributed by atoms with Gasteiger partial charge >= 0.3 is 0 Å². The molecule has 2 fully saturated rings. The number of benzene rings is 1. The van der Waals surface area contributed by atoms with Gasteiger partial charge in [-0.3, -0.25) is 9.59 Å². The third-order valence-electron chi connectivity index (χ3n) is 6.25. The summed E-state index contributed by atoms with van der Waals surface area (Å²) in [5, 5.41) is 6.17. The van der Waals surface area contributed by atoms with Crippen LogP contribution in [0.4, 0.5) is 0 Å². The number of amides is 2. The molecule has 2 heterocycles. The van der Waals surface area contributed by atoms with Gasteiger partial charge in [0.1, 0.15) is 5.82 Å². The number of aromatic amines is 1. The van der Waals surface area contributed by atoms with Crippen molar-refractivity contribution in [3.8, 4) is 0 Å². The molecule has 1 aliphatic heterocycles. The lowest BCUT2D eigenvalue weighted by molar-refractivity contribution is -0.137. The van der Waals surface area contributed by atoms with Crippen LogP contribution in [0, 0.1) is 11.8 Å². The Morgan fingerprint density at radius 1 is 1.14 bits per heavy atom. The normalized spacial score (nSPS) is 24.6. The molecule has 2 aromatic rings. The monoisotopic (exact) mass is 382 g/mol. The first kappa shape index (κ1) is 19.0. The summed E-state index contributed by atoms with van der Waals surface area (Å²) in [7, 11) is 0. The molecule has 1 aromatic heterocycles. The highest BCUT2D eigenvalue weighted by Gasteiger charge is 2.41. The van der Waals surface area contributed by atoms with Crippen LogP contribution in [0.25, 0.3) is 11.0 Å². The number of aryl methyl sites for hydroxylation is 1. The Bertz CT molecular complexity index is 798. The van der Waals surface area contributed by atoms with Crippen LogP contribution in [0.2, 0.25) is 0 Å². The van der Waals surface area contributed by atoms with Crippen molar-refractivity contribution >= 4 is 22.8 Å². The molecule has 2 amide bonds. The van der Waals surface area contributed by atoms with Gasteiger partial charge in [0.15, 0.2) is 0 Å². The molecule has 1 saturated carbocycles. The van der Waals surface area contributed by atoms with E-state index in [1.807, 2.05) is 24.3 Å². The van der Waals surface area contributed by atoms with E-state index in [-0.39, 0.29) is 23.8 Å². The van der Waals surface area contributed by atoms with Crippen molar-refractivity contribution in [3.05, 3.63) is 30.1 Å². The summed E-state index contributed by atoms with van der Waals surface area (Å²) in [5.74, 6) is 1.31. The lowest BCUT2D eigenvalue weighted by Gasteiger charge is -2.40. The van der Waals surface area contributed by atoms with Gasteiger partial charge < -0.3 is 15.6 Å². The Labute approximate surface area is 165 Å². The highest BCUT2D eigenvalue weighted by Crippen LogP contribution is 2.35. The van der Waals surface area contributed by atoms with E-state index >= 15 is 0 Å². The van der Waals surface area contributed by atoms with Gasteiger partial charge in [-0.1, -0.05) is 31.4 Å². The van der Waals surface area contributed by atoms with Crippen LogP contribution < -0.4 is 10.6 Å². The summed E-state index contributed by atoms with van der Waals surface area (Å²) in [6, 6.07) is 8.28. The minimum Gasteiger partial charge on any atom is -0.356 e. The van der Waals surface area contributed by atoms with Crippen LogP contribution in [0.5, 0.6) is 0 Å².